The Morgan fingerprint density at radius 3 is 3.00 bits per heavy atom. The average molecular weight is 355 g/mol. The zero-order valence-electron chi connectivity index (χ0n) is 13.4. The Hall–Kier alpha value is -2.58. The second kappa shape index (κ2) is 6.73. The van der Waals surface area contributed by atoms with Gasteiger partial charge in [-0.1, -0.05) is 6.07 Å². The summed E-state index contributed by atoms with van der Waals surface area (Å²) in [5.41, 5.74) is 1.31. The number of aromatic amines is 1. The van der Waals surface area contributed by atoms with Crippen LogP contribution >= 0.6 is 11.3 Å². The van der Waals surface area contributed by atoms with Gasteiger partial charge in [0.15, 0.2) is 11.5 Å². The van der Waals surface area contributed by atoms with Crippen LogP contribution in [0.3, 0.4) is 0 Å². The number of aromatic nitrogens is 3. The second-order valence-corrected chi connectivity index (χ2v) is 6.91. The number of nitrogens with one attached hydrogen (secondary N) is 3. The van der Waals surface area contributed by atoms with Crippen molar-refractivity contribution in [3.8, 4) is 0 Å². The summed E-state index contributed by atoms with van der Waals surface area (Å²) in [4.78, 5) is 37.1. The summed E-state index contributed by atoms with van der Waals surface area (Å²) in [6.07, 6.45) is 3.54. The molecule has 0 radical (unpaired) electrons. The maximum atomic E-state index is 12.6. The summed E-state index contributed by atoms with van der Waals surface area (Å²) in [5.74, 6) is -0.180. The number of thiophene rings is 1. The molecule has 0 spiro atoms. The molecule has 1 saturated heterocycles. The van der Waals surface area contributed by atoms with Gasteiger partial charge in [-0.15, -0.1) is 11.3 Å². The molecule has 7 nitrogen and oxygen atoms in total. The standard InChI is InChI=1S/C17H17N5O2S/c23-14(12-4-2-8-25-12)16-21-13-11(5-7-19-15(13)22-16)17(24)20-10-3-1-6-18-9-10/h2,4-5,7-8,10,18H,1,3,6,9H2,(H,20,24)(H,19,21,22)/t10-/m0/s1. The zero-order chi connectivity index (χ0) is 17.2. The number of nitrogens with zero attached hydrogens (tertiary/aromatic N) is 2. The predicted molar refractivity (Wildman–Crippen MR) is 95.0 cm³/mol. The fourth-order valence-corrected chi connectivity index (χ4v) is 3.63. The summed E-state index contributed by atoms with van der Waals surface area (Å²) in [5, 5.41) is 8.14. The normalized spacial score (nSPS) is 17.5. The van der Waals surface area contributed by atoms with E-state index in [1.54, 1.807) is 12.1 Å². The minimum absolute atomic E-state index is 0.111. The molecule has 1 atom stereocenters. The number of ketones is 1. The molecule has 3 N–H and O–H groups in total. The number of fused-ring (bicyclic) bond motifs is 1. The van der Waals surface area contributed by atoms with Crippen molar-refractivity contribution in [1.29, 1.82) is 0 Å². The summed E-state index contributed by atoms with van der Waals surface area (Å²) in [7, 11) is 0. The van der Waals surface area contributed by atoms with Crippen LogP contribution in [0.1, 0.15) is 38.7 Å². The molecule has 25 heavy (non-hydrogen) atoms. The van der Waals surface area contributed by atoms with Crippen LogP contribution in [0.15, 0.2) is 29.8 Å². The molecule has 3 aromatic heterocycles. The lowest BCUT2D eigenvalue weighted by Gasteiger charge is -2.23. The van der Waals surface area contributed by atoms with Crippen LogP contribution in [0.4, 0.5) is 0 Å². The number of hydrogen-bond acceptors (Lipinski definition) is 6. The first-order chi connectivity index (χ1) is 12.2. The van der Waals surface area contributed by atoms with Gasteiger partial charge in [-0.3, -0.25) is 9.59 Å². The number of amides is 1. The van der Waals surface area contributed by atoms with Gasteiger partial charge < -0.3 is 15.6 Å². The Bertz CT molecular complexity index is 912. The number of piperidine rings is 1. The monoisotopic (exact) mass is 355 g/mol. The van der Waals surface area contributed by atoms with E-state index in [0.717, 1.165) is 25.9 Å². The molecule has 1 fully saturated rings. The van der Waals surface area contributed by atoms with Gasteiger partial charge in [0.25, 0.3) is 5.91 Å². The van der Waals surface area contributed by atoms with E-state index < -0.39 is 0 Å². The fourth-order valence-electron chi connectivity index (χ4n) is 2.97. The van der Waals surface area contributed by atoms with Crippen LogP contribution in [-0.2, 0) is 0 Å². The highest BCUT2D eigenvalue weighted by molar-refractivity contribution is 7.12. The third-order valence-corrected chi connectivity index (χ3v) is 5.10. The van der Waals surface area contributed by atoms with Crippen molar-refractivity contribution in [2.24, 2.45) is 0 Å². The molecule has 0 aliphatic carbocycles. The molecule has 1 aliphatic heterocycles. The van der Waals surface area contributed by atoms with Crippen molar-refractivity contribution >= 4 is 34.2 Å². The Labute approximate surface area is 147 Å². The van der Waals surface area contributed by atoms with Crippen LogP contribution in [0.5, 0.6) is 0 Å². The highest BCUT2D eigenvalue weighted by Gasteiger charge is 2.21. The lowest BCUT2D eigenvalue weighted by atomic mass is 10.1. The minimum atomic E-state index is -0.198. The lowest BCUT2D eigenvalue weighted by molar-refractivity contribution is 0.0931. The Morgan fingerprint density at radius 1 is 1.32 bits per heavy atom. The highest BCUT2D eigenvalue weighted by atomic mass is 32.1. The molecule has 128 valence electrons. The predicted octanol–water partition coefficient (Wildman–Crippen LogP) is 1.73. The molecule has 0 aromatic carbocycles. The third kappa shape index (κ3) is 3.18. The number of carbonyl (C=O) groups is 2. The maximum Gasteiger partial charge on any atom is 0.253 e. The van der Waals surface area contributed by atoms with Crippen LogP contribution in [0.2, 0.25) is 0 Å². The van der Waals surface area contributed by atoms with E-state index in [1.807, 2.05) is 11.4 Å². The van der Waals surface area contributed by atoms with Crippen molar-refractivity contribution in [2.75, 3.05) is 13.1 Å². The molecule has 8 heteroatoms. The molecular formula is C17H17N5O2S. The van der Waals surface area contributed by atoms with Crippen molar-refractivity contribution < 1.29 is 9.59 Å². The average Bonchev–Trinajstić information content (AvgIpc) is 3.31. The summed E-state index contributed by atoms with van der Waals surface area (Å²) in [6, 6.07) is 5.32. The first-order valence-electron chi connectivity index (χ1n) is 8.17. The molecule has 4 rings (SSSR count). The van der Waals surface area contributed by atoms with Crippen LogP contribution in [0.25, 0.3) is 11.2 Å². The Morgan fingerprint density at radius 2 is 2.24 bits per heavy atom. The Kier molecular flexibility index (Phi) is 4.29. The summed E-state index contributed by atoms with van der Waals surface area (Å²) in [6.45, 7) is 1.76. The molecule has 1 aliphatic rings. The van der Waals surface area contributed by atoms with Gasteiger partial charge in [0.05, 0.1) is 16.0 Å². The van der Waals surface area contributed by atoms with Gasteiger partial charge in [0, 0.05) is 18.8 Å². The number of rotatable bonds is 4. The van der Waals surface area contributed by atoms with Crippen LogP contribution < -0.4 is 10.6 Å². The second-order valence-electron chi connectivity index (χ2n) is 5.97. The van der Waals surface area contributed by atoms with E-state index in [1.165, 1.54) is 17.5 Å². The van der Waals surface area contributed by atoms with E-state index in [0.29, 0.717) is 21.6 Å². The van der Waals surface area contributed by atoms with E-state index >= 15 is 0 Å². The van der Waals surface area contributed by atoms with Gasteiger partial charge in [0.2, 0.25) is 5.78 Å². The van der Waals surface area contributed by atoms with Gasteiger partial charge in [-0.25, -0.2) is 9.97 Å². The van der Waals surface area contributed by atoms with E-state index in [2.05, 4.69) is 25.6 Å². The lowest BCUT2D eigenvalue weighted by Crippen LogP contribution is -2.45. The molecule has 0 unspecified atom stereocenters. The number of hydrogen-bond donors (Lipinski definition) is 3. The van der Waals surface area contributed by atoms with Gasteiger partial charge in [-0.2, -0.15) is 0 Å². The van der Waals surface area contributed by atoms with Crippen molar-refractivity contribution in [1.82, 2.24) is 25.6 Å². The van der Waals surface area contributed by atoms with Crippen LogP contribution in [0, 0.1) is 0 Å². The molecule has 3 aromatic rings. The first-order valence-corrected chi connectivity index (χ1v) is 9.05. The largest absolute Gasteiger partial charge is 0.348 e. The molecule has 0 saturated carbocycles. The van der Waals surface area contributed by atoms with Crippen molar-refractivity contribution in [3.05, 3.63) is 46.0 Å². The molecular weight excluding hydrogens is 338 g/mol. The number of pyridine rings is 1. The van der Waals surface area contributed by atoms with Crippen molar-refractivity contribution in [2.45, 2.75) is 18.9 Å². The van der Waals surface area contributed by atoms with Crippen molar-refractivity contribution in [3.63, 3.8) is 0 Å². The topological polar surface area (TPSA) is 99.8 Å². The van der Waals surface area contributed by atoms with E-state index in [9.17, 15) is 9.59 Å². The minimum Gasteiger partial charge on any atom is -0.348 e. The molecule has 4 heterocycles. The SMILES string of the molecule is O=C(c1nc2nccc(C(=O)N[C@H]3CCCNC3)c2[nH]1)c1cccs1. The zero-order valence-corrected chi connectivity index (χ0v) is 14.2. The number of H-pyrrole nitrogens is 1. The van der Waals surface area contributed by atoms with Crippen LogP contribution in [-0.4, -0.2) is 45.8 Å². The number of imidazole rings is 1. The summed E-state index contributed by atoms with van der Waals surface area (Å²) >= 11 is 1.35. The Balaban J connectivity index is 1.63. The summed E-state index contributed by atoms with van der Waals surface area (Å²) < 4.78 is 0. The molecule has 1 amide bonds. The highest BCUT2D eigenvalue weighted by Crippen LogP contribution is 2.18. The van der Waals surface area contributed by atoms with Gasteiger partial charge in [-0.05, 0) is 36.9 Å². The first kappa shape index (κ1) is 15.9. The van der Waals surface area contributed by atoms with Gasteiger partial charge >= 0.3 is 0 Å². The third-order valence-electron chi connectivity index (χ3n) is 4.23. The number of carbonyl (C=O) groups excluding carboxylic acids is 2. The quantitative estimate of drug-likeness (QED) is 0.619. The smallest absolute Gasteiger partial charge is 0.253 e. The fraction of sp³-hybridized carbons (Fsp3) is 0.294. The van der Waals surface area contributed by atoms with E-state index in [4.69, 9.17) is 0 Å². The van der Waals surface area contributed by atoms with E-state index in [-0.39, 0.29) is 23.6 Å². The van der Waals surface area contributed by atoms with Gasteiger partial charge in [0.1, 0.15) is 0 Å². The maximum absolute atomic E-state index is 12.6. The molecule has 0 bridgehead atoms.